The van der Waals surface area contributed by atoms with Crippen LogP contribution >= 0.6 is 0 Å². The Morgan fingerprint density at radius 2 is 1.58 bits per heavy atom. The van der Waals surface area contributed by atoms with E-state index >= 15 is 0 Å². The first-order valence-corrected chi connectivity index (χ1v) is 8.14. The molecular weight excluding hydrogens is 340 g/mol. The lowest BCUT2D eigenvalue weighted by molar-refractivity contribution is 0.0924. The SMILES string of the molecule is O=C(NCCCOc1ccc(F)cc1)c1ccc(-c2ccc(F)cc2)o1. The van der Waals surface area contributed by atoms with Crippen molar-refractivity contribution in [1.29, 1.82) is 0 Å². The smallest absolute Gasteiger partial charge is 0.287 e. The van der Waals surface area contributed by atoms with E-state index in [0.717, 1.165) is 0 Å². The molecule has 0 aliphatic carbocycles. The van der Waals surface area contributed by atoms with Crippen LogP contribution in [-0.4, -0.2) is 19.1 Å². The third kappa shape index (κ3) is 4.69. The Morgan fingerprint density at radius 1 is 0.923 bits per heavy atom. The van der Waals surface area contributed by atoms with Crippen molar-refractivity contribution in [3.63, 3.8) is 0 Å². The molecule has 0 aliphatic rings. The van der Waals surface area contributed by atoms with E-state index in [1.54, 1.807) is 36.4 Å². The normalized spacial score (nSPS) is 10.5. The summed E-state index contributed by atoms with van der Waals surface area (Å²) in [6.45, 7) is 0.803. The fourth-order valence-electron chi connectivity index (χ4n) is 2.31. The van der Waals surface area contributed by atoms with Crippen LogP contribution in [0, 0.1) is 11.6 Å². The molecule has 0 saturated carbocycles. The lowest BCUT2D eigenvalue weighted by atomic mass is 10.2. The molecule has 1 N–H and O–H groups in total. The molecule has 0 unspecified atom stereocenters. The monoisotopic (exact) mass is 357 g/mol. The quantitative estimate of drug-likeness (QED) is 0.637. The minimum Gasteiger partial charge on any atom is -0.494 e. The van der Waals surface area contributed by atoms with Crippen LogP contribution in [0.1, 0.15) is 17.0 Å². The van der Waals surface area contributed by atoms with Crippen molar-refractivity contribution in [1.82, 2.24) is 5.32 Å². The Morgan fingerprint density at radius 3 is 2.27 bits per heavy atom. The lowest BCUT2D eigenvalue weighted by Gasteiger charge is -2.06. The lowest BCUT2D eigenvalue weighted by Crippen LogP contribution is -2.25. The zero-order valence-corrected chi connectivity index (χ0v) is 13.9. The Kier molecular flexibility index (Phi) is 5.63. The van der Waals surface area contributed by atoms with Gasteiger partial charge >= 0.3 is 0 Å². The van der Waals surface area contributed by atoms with Gasteiger partial charge in [-0.05, 0) is 67.1 Å². The van der Waals surface area contributed by atoms with Crippen molar-refractivity contribution in [2.75, 3.05) is 13.2 Å². The number of furan rings is 1. The summed E-state index contributed by atoms with van der Waals surface area (Å²) in [5.41, 5.74) is 0.693. The highest BCUT2D eigenvalue weighted by atomic mass is 19.1. The first kappa shape index (κ1) is 17.7. The molecule has 4 nitrogen and oxygen atoms in total. The van der Waals surface area contributed by atoms with Crippen molar-refractivity contribution in [2.24, 2.45) is 0 Å². The Hall–Kier alpha value is -3.15. The molecule has 134 valence electrons. The van der Waals surface area contributed by atoms with Gasteiger partial charge in [-0.3, -0.25) is 4.79 Å². The van der Waals surface area contributed by atoms with Gasteiger partial charge in [0.25, 0.3) is 5.91 Å². The number of hydrogen-bond donors (Lipinski definition) is 1. The summed E-state index contributed by atoms with van der Waals surface area (Å²) in [4.78, 5) is 12.1. The summed E-state index contributed by atoms with van der Waals surface area (Å²) in [5.74, 6) is 0.274. The van der Waals surface area contributed by atoms with Crippen LogP contribution in [0.5, 0.6) is 5.75 Å². The van der Waals surface area contributed by atoms with Crippen LogP contribution in [-0.2, 0) is 0 Å². The molecule has 2 aromatic carbocycles. The van der Waals surface area contributed by atoms with Crippen LogP contribution < -0.4 is 10.1 Å². The highest BCUT2D eigenvalue weighted by Crippen LogP contribution is 2.22. The van der Waals surface area contributed by atoms with E-state index in [2.05, 4.69) is 5.32 Å². The van der Waals surface area contributed by atoms with Crippen LogP contribution in [0.3, 0.4) is 0 Å². The van der Waals surface area contributed by atoms with Gasteiger partial charge in [-0.25, -0.2) is 8.78 Å². The molecule has 0 spiro atoms. The second-order valence-electron chi connectivity index (χ2n) is 5.58. The van der Waals surface area contributed by atoms with Crippen LogP contribution in [0.15, 0.2) is 65.1 Å². The average molecular weight is 357 g/mol. The number of benzene rings is 2. The minimum atomic E-state index is -0.333. The van der Waals surface area contributed by atoms with E-state index in [4.69, 9.17) is 9.15 Å². The number of rotatable bonds is 7. The van der Waals surface area contributed by atoms with Crippen molar-refractivity contribution >= 4 is 5.91 Å². The number of nitrogens with one attached hydrogen (secondary N) is 1. The predicted octanol–water partition coefficient (Wildman–Crippen LogP) is 4.42. The summed E-state index contributed by atoms with van der Waals surface area (Å²) in [6, 6.07) is 14.8. The minimum absolute atomic E-state index is 0.184. The fraction of sp³-hybridized carbons (Fsp3) is 0.150. The molecule has 1 aromatic heterocycles. The Labute approximate surface area is 149 Å². The van der Waals surface area contributed by atoms with Gasteiger partial charge in [-0.15, -0.1) is 0 Å². The molecule has 3 rings (SSSR count). The maximum atomic E-state index is 12.9. The number of carbonyl (C=O) groups is 1. The number of ether oxygens (including phenoxy) is 1. The summed E-state index contributed by atoms with van der Waals surface area (Å²) >= 11 is 0. The Bertz CT molecular complexity index is 858. The van der Waals surface area contributed by atoms with Crippen LogP contribution in [0.4, 0.5) is 8.78 Å². The topological polar surface area (TPSA) is 51.5 Å². The molecular formula is C20H17F2NO3. The predicted molar refractivity (Wildman–Crippen MR) is 92.9 cm³/mol. The molecule has 0 saturated heterocycles. The van der Waals surface area contributed by atoms with Crippen LogP contribution in [0.2, 0.25) is 0 Å². The zero-order valence-electron chi connectivity index (χ0n) is 13.9. The number of halogens is 2. The summed E-state index contributed by atoms with van der Waals surface area (Å²) in [7, 11) is 0. The van der Waals surface area contributed by atoms with Gasteiger partial charge in [0.1, 0.15) is 23.1 Å². The molecule has 0 atom stereocenters. The van der Waals surface area contributed by atoms with E-state index in [9.17, 15) is 13.6 Å². The van der Waals surface area contributed by atoms with Gasteiger partial charge in [0.2, 0.25) is 0 Å². The second-order valence-corrected chi connectivity index (χ2v) is 5.58. The molecule has 1 amide bonds. The first-order chi connectivity index (χ1) is 12.6. The van der Waals surface area contributed by atoms with Crippen molar-refractivity contribution in [2.45, 2.75) is 6.42 Å². The highest BCUT2D eigenvalue weighted by Gasteiger charge is 2.11. The van der Waals surface area contributed by atoms with Crippen LogP contribution in [0.25, 0.3) is 11.3 Å². The van der Waals surface area contributed by atoms with Gasteiger partial charge in [-0.1, -0.05) is 0 Å². The number of carbonyl (C=O) groups excluding carboxylic acids is 1. The largest absolute Gasteiger partial charge is 0.494 e. The van der Waals surface area contributed by atoms with E-state index < -0.39 is 0 Å². The maximum Gasteiger partial charge on any atom is 0.287 e. The maximum absolute atomic E-state index is 12.9. The molecule has 26 heavy (non-hydrogen) atoms. The number of hydrogen-bond acceptors (Lipinski definition) is 3. The van der Waals surface area contributed by atoms with Crippen molar-refractivity contribution in [3.05, 3.63) is 78.1 Å². The molecule has 1 heterocycles. The van der Waals surface area contributed by atoms with Gasteiger partial charge in [0, 0.05) is 12.1 Å². The Balaban J connectivity index is 1.43. The molecule has 3 aromatic rings. The zero-order chi connectivity index (χ0) is 18.4. The van der Waals surface area contributed by atoms with E-state index in [0.29, 0.717) is 36.6 Å². The first-order valence-electron chi connectivity index (χ1n) is 8.14. The third-order valence-electron chi connectivity index (χ3n) is 3.65. The summed E-state index contributed by atoms with van der Waals surface area (Å²) < 4.78 is 36.7. The summed E-state index contributed by atoms with van der Waals surface area (Å²) in [5, 5.41) is 2.74. The van der Waals surface area contributed by atoms with E-state index in [1.165, 1.54) is 24.3 Å². The average Bonchev–Trinajstić information content (AvgIpc) is 3.14. The van der Waals surface area contributed by atoms with Gasteiger partial charge in [-0.2, -0.15) is 0 Å². The van der Waals surface area contributed by atoms with E-state index in [-0.39, 0.29) is 23.3 Å². The molecule has 0 bridgehead atoms. The second kappa shape index (κ2) is 8.29. The highest BCUT2D eigenvalue weighted by molar-refractivity contribution is 5.92. The molecule has 6 heteroatoms. The van der Waals surface area contributed by atoms with Gasteiger partial charge in [0.15, 0.2) is 5.76 Å². The summed E-state index contributed by atoms with van der Waals surface area (Å²) in [6.07, 6.45) is 0.592. The molecule has 0 aliphatic heterocycles. The number of amides is 1. The third-order valence-corrected chi connectivity index (χ3v) is 3.65. The molecule has 0 fully saturated rings. The standard InChI is InChI=1S/C20H17F2NO3/c21-15-4-2-14(3-5-15)18-10-11-19(26-18)20(24)23-12-1-13-25-17-8-6-16(22)7-9-17/h2-11H,1,12-13H2,(H,23,24). The van der Waals surface area contributed by atoms with Crippen molar-refractivity contribution < 1.29 is 22.7 Å². The fourth-order valence-corrected chi connectivity index (χ4v) is 2.31. The molecule has 0 radical (unpaired) electrons. The van der Waals surface area contributed by atoms with Gasteiger partial charge < -0.3 is 14.5 Å². The van der Waals surface area contributed by atoms with Crippen molar-refractivity contribution in [3.8, 4) is 17.1 Å². The van der Waals surface area contributed by atoms with Gasteiger partial charge in [0.05, 0.1) is 6.61 Å². The van der Waals surface area contributed by atoms with E-state index in [1.807, 2.05) is 0 Å².